The van der Waals surface area contributed by atoms with E-state index in [4.69, 9.17) is 5.73 Å². The zero-order valence-electron chi connectivity index (χ0n) is 24.6. The molecule has 0 bridgehead atoms. The number of fused-ring (bicyclic) bond motifs is 2. The van der Waals surface area contributed by atoms with Gasteiger partial charge in [0.1, 0.15) is 5.69 Å². The van der Waals surface area contributed by atoms with Gasteiger partial charge in [0.25, 0.3) is 5.91 Å². The molecule has 0 fully saturated rings. The molecule has 0 radical (unpaired) electrons. The Bertz CT molecular complexity index is 2030. The van der Waals surface area contributed by atoms with Crippen molar-refractivity contribution in [2.75, 3.05) is 7.05 Å². The number of aliphatic hydroxyl groups is 2. The number of hydrogen-bond donors (Lipinski definition) is 3. The van der Waals surface area contributed by atoms with Crippen LogP contribution in [-0.2, 0) is 33.7 Å². The number of rotatable bonds is 8. The van der Waals surface area contributed by atoms with E-state index < -0.39 is 24.0 Å². The van der Waals surface area contributed by atoms with Crippen LogP contribution in [0, 0.1) is 6.92 Å². The van der Waals surface area contributed by atoms with E-state index in [0.29, 0.717) is 51.3 Å². The summed E-state index contributed by atoms with van der Waals surface area (Å²) in [6.45, 7) is 4.17. The maximum absolute atomic E-state index is 13.4. The third-order valence-electron chi connectivity index (χ3n) is 7.60. The minimum Gasteiger partial charge on any atom is -0.388 e. The number of hydrogen-bond acceptors (Lipinski definition) is 6. The smallest absolute Gasteiger partial charge is 0.298 e. The van der Waals surface area contributed by atoms with Crippen molar-refractivity contribution in [2.45, 2.75) is 45.7 Å². The monoisotopic (exact) mass is 651 g/mol. The topological polar surface area (TPSA) is 163 Å². The third kappa shape index (κ3) is 5.37. The number of nitrogens with two attached hydrogens (primary N) is 1. The molecular weight excluding hydrogens is 618 g/mol. The van der Waals surface area contributed by atoms with Crippen molar-refractivity contribution in [1.29, 1.82) is 0 Å². The maximum Gasteiger partial charge on any atom is 0.298 e. The summed E-state index contributed by atoms with van der Waals surface area (Å²) in [5, 5.41) is 27.0. The van der Waals surface area contributed by atoms with Crippen molar-refractivity contribution in [3.05, 3.63) is 75.1 Å². The highest BCUT2D eigenvalue weighted by Gasteiger charge is 2.24. The summed E-state index contributed by atoms with van der Waals surface area (Å²) in [7, 11) is 5.22. The van der Waals surface area contributed by atoms with Crippen molar-refractivity contribution in [3.8, 4) is 0 Å². The summed E-state index contributed by atoms with van der Waals surface area (Å²) in [5.74, 6) is -1.02. The van der Waals surface area contributed by atoms with E-state index in [1.54, 1.807) is 68.4 Å². The molecule has 0 aliphatic carbocycles. The first-order chi connectivity index (χ1) is 20.5. The molecule has 13 nitrogen and oxygen atoms in total. The van der Waals surface area contributed by atoms with Crippen LogP contribution in [0.2, 0.25) is 0 Å². The molecular formula is C29H34BrN9O4. The molecule has 5 rings (SSSR count). The number of carbonyl (C=O) groups is 2. The van der Waals surface area contributed by atoms with Crippen LogP contribution in [0.4, 0.5) is 0 Å². The summed E-state index contributed by atoms with van der Waals surface area (Å²) >= 11 is 3.61. The highest BCUT2D eigenvalue weighted by Crippen LogP contribution is 2.24. The molecule has 0 saturated heterocycles. The average molecular weight is 653 g/mol. The Kier molecular flexibility index (Phi) is 8.27. The number of aromatic nitrogens is 6. The van der Waals surface area contributed by atoms with Gasteiger partial charge in [-0.3, -0.25) is 19.3 Å². The van der Waals surface area contributed by atoms with E-state index in [1.165, 1.54) is 0 Å². The standard InChI is InChI=1S/C29H34BrN9O4/c1-6-39-22(12-16(2)34-39)27(43)33-29-35(4)20-9-7-8-18(30)25(20)38(29)15-24(41)23(40)14-37-19-11-10-17(26(31)42)13-21(19)36(5)28(37)32-3/h7-13,23-24,40-41H,6,14-15H2,1-5H3,(H2,31,42). The first-order valence-corrected chi connectivity index (χ1v) is 14.5. The molecule has 226 valence electrons. The molecule has 0 aliphatic heterocycles. The van der Waals surface area contributed by atoms with E-state index >= 15 is 0 Å². The Labute approximate surface area is 255 Å². The summed E-state index contributed by atoms with van der Waals surface area (Å²) in [5.41, 5.74) is 10.6. The zero-order valence-corrected chi connectivity index (χ0v) is 26.1. The molecule has 2 amide bonds. The Balaban J connectivity index is 1.55. The normalized spacial score (nSPS) is 14.2. The second kappa shape index (κ2) is 11.8. The Morgan fingerprint density at radius 1 is 0.977 bits per heavy atom. The minimum atomic E-state index is -1.26. The molecule has 0 spiro atoms. The molecule has 2 unspecified atom stereocenters. The second-order valence-electron chi connectivity index (χ2n) is 10.4. The Morgan fingerprint density at radius 3 is 2.30 bits per heavy atom. The molecule has 14 heteroatoms. The predicted octanol–water partition coefficient (Wildman–Crippen LogP) is 1.35. The van der Waals surface area contributed by atoms with Gasteiger partial charge >= 0.3 is 0 Å². The predicted molar refractivity (Wildman–Crippen MR) is 164 cm³/mol. The summed E-state index contributed by atoms with van der Waals surface area (Å²) < 4.78 is 9.42. The Hall–Kier alpha value is -4.27. The number of carbonyl (C=O) groups excluding carboxylic acids is 2. The minimum absolute atomic E-state index is 0.00790. The van der Waals surface area contributed by atoms with Crippen LogP contribution in [0.5, 0.6) is 0 Å². The van der Waals surface area contributed by atoms with Gasteiger partial charge in [-0.05, 0) is 66.2 Å². The van der Waals surface area contributed by atoms with Gasteiger partial charge in [-0.15, -0.1) is 0 Å². The summed E-state index contributed by atoms with van der Waals surface area (Å²) in [6.07, 6.45) is -2.49. The molecule has 0 saturated carbocycles. The largest absolute Gasteiger partial charge is 0.388 e. The van der Waals surface area contributed by atoms with Crippen LogP contribution < -0.4 is 17.0 Å². The van der Waals surface area contributed by atoms with E-state index in [1.807, 2.05) is 32.0 Å². The van der Waals surface area contributed by atoms with Gasteiger partial charge in [0.05, 0.1) is 53.1 Å². The first-order valence-electron chi connectivity index (χ1n) is 13.7. The van der Waals surface area contributed by atoms with Crippen LogP contribution in [0.1, 0.15) is 33.5 Å². The zero-order chi connectivity index (χ0) is 31.2. The maximum atomic E-state index is 13.4. The highest BCUT2D eigenvalue weighted by molar-refractivity contribution is 9.10. The van der Waals surface area contributed by atoms with Gasteiger partial charge in [0.2, 0.25) is 17.1 Å². The number of imidazole rings is 2. The van der Waals surface area contributed by atoms with E-state index in [9.17, 15) is 19.8 Å². The number of primary amides is 1. The number of aliphatic hydroxyl groups excluding tert-OH is 2. The van der Waals surface area contributed by atoms with Crippen molar-refractivity contribution < 1.29 is 19.8 Å². The van der Waals surface area contributed by atoms with Crippen LogP contribution in [0.3, 0.4) is 0 Å². The summed E-state index contributed by atoms with van der Waals surface area (Å²) in [4.78, 5) is 34.0. The number of amides is 2. The lowest BCUT2D eigenvalue weighted by molar-refractivity contribution is -0.000156. The molecule has 5 aromatic rings. The lowest BCUT2D eigenvalue weighted by atomic mass is 10.1. The second-order valence-corrected chi connectivity index (χ2v) is 11.2. The molecule has 43 heavy (non-hydrogen) atoms. The van der Waals surface area contributed by atoms with Crippen molar-refractivity contribution >= 4 is 49.8 Å². The van der Waals surface area contributed by atoms with Gasteiger partial charge in [-0.1, -0.05) is 6.07 Å². The molecule has 3 aromatic heterocycles. The number of benzene rings is 2. The van der Waals surface area contributed by atoms with Gasteiger partial charge < -0.3 is 34.2 Å². The van der Waals surface area contributed by atoms with E-state index in [-0.39, 0.29) is 13.1 Å². The van der Waals surface area contributed by atoms with Crippen LogP contribution in [0.15, 0.2) is 56.9 Å². The number of nitrogens with zero attached hydrogens (tertiary/aromatic N) is 8. The fourth-order valence-electron chi connectivity index (χ4n) is 5.48. The third-order valence-corrected chi connectivity index (χ3v) is 8.24. The SMILES string of the molecule is CCn1nc(C)cc1C(=O)N=c1n(C)c2cccc(Br)c2n1CC(O)C(O)Cn1c(=NC)n(C)c2cc(C(N)=O)ccc21. The van der Waals surface area contributed by atoms with E-state index in [0.717, 1.165) is 9.99 Å². The molecule has 2 aromatic carbocycles. The molecule has 0 aliphatic rings. The number of halogens is 1. The van der Waals surface area contributed by atoms with Crippen molar-refractivity contribution in [3.63, 3.8) is 0 Å². The van der Waals surface area contributed by atoms with E-state index in [2.05, 4.69) is 31.0 Å². The van der Waals surface area contributed by atoms with Gasteiger partial charge in [0.15, 0.2) is 0 Å². The van der Waals surface area contributed by atoms with Gasteiger partial charge in [-0.2, -0.15) is 10.1 Å². The van der Waals surface area contributed by atoms with Crippen LogP contribution in [-0.4, -0.2) is 69.3 Å². The highest BCUT2D eigenvalue weighted by atomic mass is 79.9. The quantitative estimate of drug-likeness (QED) is 0.230. The lowest BCUT2D eigenvalue weighted by Gasteiger charge is -2.20. The molecule has 2 atom stereocenters. The Morgan fingerprint density at radius 2 is 1.65 bits per heavy atom. The van der Waals surface area contributed by atoms with Gasteiger partial charge in [-0.25, -0.2) is 0 Å². The fraction of sp³-hybridized carbons (Fsp3) is 0.345. The van der Waals surface area contributed by atoms with Crippen LogP contribution >= 0.6 is 15.9 Å². The van der Waals surface area contributed by atoms with Crippen LogP contribution in [0.25, 0.3) is 22.1 Å². The average Bonchev–Trinajstić information content (AvgIpc) is 3.58. The molecule has 3 heterocycles. The number of para-hydroxylation sites is 1. The molecule has 4 N–H and O–H groups in total. The van der Waals surface area contributed by atoms with Crippen molar-refractivity contribution in [1.82, 2.24) is 28.0 Å². The first kappa shape index (κ1) is 30.2. The number of aryl methyl sites for hydroxylation is 4. The lowest BCUT2D eigenvalue weighted by Crippen LogP contribution is -2.39. The summed E-state index contributed by atoms with van der Waals surface area (Å²) in [6, 6.07) is 12.4. The van der Waals surface area contributed by atoms with Gasteiger partial charge in [0, 0.05) is 37.7 Å². The fourth-order valence-corrected chi connectivity index (χ4v) is 6.05. The van der Waals surface area contributed by atoms with Crippen molar-refractivity contribution in [2.24, 2.45) is 29.8 Å².